The molecule has 0 saturated heterocycles. The van der Waals surface area contributed by atoms with Gasteiger partial charge in [-0.2, -0.15) is 0 Å². The summed E-state index contributed by atoms with van der Waals surface area (Å²) in [5.74, 6) is 2.25. The molecule has 0 atom stereocenters. The molecule has 4 fully saturated rings. The van der Waals surface area contributed by atoms with E-state index in [1.807, 2.05) is 24.4 Å². The number of benzene rings is 1. The minimum absolute atomic E-state index is 0.00284. The third-order valence-electron chi connectivity index (χ3n) is 7.08. The Labute approximate surface area is 187 Å². The molecule has 4 saturated carbocycles. The molecule has 0 unspecified atom stereocenters. The number of amides is 3. The molecule has 0 spiro atoms. The summed E-state index contributed by atoms with van der Waals surface area (Å²) in [5, 5.41) is 9.62. The average molecular weight is 439 g/mol. The number of aromatic nitrogens is 1. The summed E-state index contributed by atoms with van der Waals surface area (Å²) >= 11 is 1.49. The highest BCUT2D eigenvalue weighted by molar-refractivity contribution is 7.15. The summed E-state index contributed by atoms with van der Waals surface area (Å²) in [6.07, 6.45) is 10.3. The quantitative estimate of drug-likeness (QED) is 0.602. The molecule has 6 nitrogen and oxygen atoms in total. The minimum Gasteiger partial charge on any atom is -0.338 e. The third-order valence-corrected chi connectivity index (χ3v) is 7.99. The molecular formula is C24H30N4O2S. The van der Waals surface area contributed by atoms with Gasteiger partial charge in [-0.15, -0.1) is 11.3 Å². The number of thiazole rings is 1. The van der Waals surface area contributed by atoms with Crippen molar-refractivity contribution in [3.63, 3.8) is 0 Å². The maximum atomic E-state index is 12.5. The molecule has 0 radical (unpaired) electrons. The number of rotatable bonds is 7. The summed E-state index contributed by atoms with van der Waals surface area (Å²) in [4.78, 5) is 30.1. The van der Waals surface area contributed by atoms with Crippen LogP contribution in [-0.4, -0.2) is 29.0 Å². The van der Waals surface area contributed by atoms with Crippen LogP contribution in [0, 0.1) is 17.8 Å². The van der Waals surface area contributed by atoms with Crippen LogP contribution in [0.2, 0.25) is 0 Å². The summed E-state index contributed by atoms with van der Waals surface area (Å²) in [5.41, 5.74) is 1.22. The minimum atomic E-state index is -0.130. The highest BCUT2D eigenvalue weighted by Gasteiger charge is 2.51. The maximum absolute atomic E-state index is 12.5. The van der Waals surface area contributed by atoms with Gasteiger partial charge in [0.1, 0.15) is 0 Å². The van der Waals surface area contributed by atoms with E-state index >= 15 is 0 Å². The molecular weight excluding hydrogens is 408 g/mol. The van der Waals surface area contributed by atoms with Gasteiger partial charge in [0, 0.05) is 36.0 Å². The van der Waals surface area contributed by atoms with Gasteiger partial charge < -0.3 is 16.0 Å². The van der Waals surface area contributed by atoms with E-state index in [-0.39, 0.29) is 23.9 Å². The van der Waals surface area contributed by atoms with E-state index in [2.05, 4.69) is 33.1 Å². The Morgan fingerprint density at radius 3 is 2.39 bits per heavy atom. The van der Waals surface area contributed by atoms with Crippen molar-refractivity contribution in [2.24, 2.45) is 17.8 Å². The molecule has 7 heteroatoms. The van der Waals surface area contributed by atoms with E-state index in [0.29, 0.717) is 11.7 Å². The molecule has 164 valence electrons. The van der Waals surface area contributed by atoms with Crippen LogP contribution in [0.25, 0.3) is 0 Å². The van der Waals surface area contributed by atoms with Crippen LogP contribution < -0.4 is 16.0 Å². The fourth-order valence-corrected chi connectivity index (χ4v) is 7.13. The molecule has 1 aromatic carbocycles. The molecule has 3 N–H and O–H groups in total. The predicted molar refractivity (Wildman–Crippen MR) is 122 cm³/mol. The number of hydrogen-bond acceptors (Lipinski definition) is 4. The van der Waals surface area contributed by atoms with Crippen LogP contribution in [0.4, 0.5) is 9.93 Å². The zero-order valence-corrected chi connectivity index (χ0v) is 18.5. The molecule has 1 heterocycles. The number of anilines is 1. The second-order valence-electron chi connectivity index (χ2n) is 9.67. The van der Waals surface area contributed by atoms with Crippen molar-refractivity contribution >= 4 is 28.4 Å². The standard InChI is InChI=1S/C24H30N4O2S/c29-21(27-23-26-15-20(31-23)11-16-4-2-1-3-5-16)6-7-25-22(30)28-24-12-17-8-18(13-24)10-19(9-17)14-24/h1-5,15,17-19H,6-14H2,(H2,25,28,30)(H,26,27,29). The van der Waals surface area contributed by atoms with Gasteiger partial charge in [-0.3, -0.25) is 4.79 Å². The maximum Gasteiger partial charge on any atom is 0.315 e. The summed E-state index contributed by atoms with van der Waals surface area (Å²) in [7, 11) is 0. The third kappa shape index (κ3) is 4.92. The summed E-state index contributed by atoms with van der Waals surface area (Å²) < 4.78 is 0. The monoisotopic (exact) mass is 438 g/mol. The number of nitrogens with one attached hydrogen (secondary N) is 3. The average Bonchev–Trinajstić information content (AvgIpc) is 3.14. The van der Waals surface area contributed by atoms with E-state index < -0.39 is 0 Å². The highest BCUT2D eigenvalue weighted by atomic mass is 32.1. The second kappa shape index (κ2) is 8.61. The van der Waals surface area contributed by atoms with Crippen LogP contribution in [0.5, 0.6) is 0 Å². The normalized spacial score (nSPS) is 28.3. The molecule has 2 aromatic rings. The van der Waals surface area contributed by atoms with Crippen LogP contribution in [0.1, 0.15) is 55.4 Å². The lowest BCUT2D eigenvalue weighted by Gasteiger charge is -2.56. The van der Waals surface area contributed by atoms with E-state index in [9.17, 15) is 9.59 Å². The van der Waals surface area contributed by atoms with Crippen molar-refractivity contribution in [1.29, 1.82) is 0 Å². The van der Waals surface area contributed by atoms with Crippen molar-refractivity contribution in [3.05, 3.63) is 47.0 Å². The van der Waals surface area contributed by atoms with Crippen LogP contribution in [-0.2, 0) is 11.2 Å². The summed E-state index contributed by atoms with van der Waals surface area (Å²) in [6.45, 7) is 0.326. The van der Waals surface area contributed by atoms with Crippen molar-refractivity contribution in [3.8, 4) is 0 Å². The van der Waals surface area contributed by atoms with Crippen LogP contribution in [0.3, 0.4) is 0 Å². The predicted octanol–water partition coefficient (Wildman–Crippen LogP) is 4.33. The first-order chi connectivity index (χ1) is 15.1. The van der Waals surface area contributed by atoms with Crippen molar-refractivity contribution in [2.75, 3.05) is 11.9 Å². The Morgan fingerprint density at radius 2 is 1.71 bits per heavy atom. The van der Waals surface area contributed by atoms with E-state index in [0.717, 1.165) is 48.3 Å². The van der Waals surface area contributed by atoms with Crippen LogP contribution in [0.15, 0.2) is 36.5 Å². The molecule has 4 aliphatic rings. The van der Waals surface area contributed by atoms with E-state index in [4.69, 9.17) is 0 Å². The lowest BCUT2D eigenvalue weighted by molar-refractivity contribution is -0.116. The molecule has 3 amide bonds. The number of hydrogen-bond donors (Lipinski definition) is 3. The zero-order valence-electron chi connectivity index (χ0n) is 17.7. The van der Waals surface area contributed by atoms with Gasteiger partial charge in [0.15, 0.2) is 5.13 Å². The first-order valence-corrected chi connectivity index (χ1v) is 12.2. The molecule has 0 aliphatic heterocycles. The second-order valence-corrected chi connectivity index (χ2v) is 10.8. The fraction of sp³-hybridized carbons (Fsp3) is 0.542. The fourth-order valence-electron chi connectivity index (χ4n) is 6.26. The summed E-state index contributed by atoms with van der Waals surface area (Å²) in [6, 6.07) is 10.1. The van der Waals surface area contributed by atoms with Crippen molar-refractivity contribution in [1.82, 2.24) is 15.6 Å². The molecule has 6 rings (SSSR count). The molecule has 31 heavy (non-hydrogen) atoms. The highest BCUT2D eigenvalue weighted by Crippen LogP contribution is 2.55. The molecule has 1 aromatic heterocycles. The van der Waals surface area contributed by atoms with Crippen LogP contribution >= 0.6 is 11.3 Å². The Hall–Kier alpha value is -2.41. The lowest BCUT2D eigenvalue weighted by atomic mass is 9.53. The number of urea groups is 1. The Morgan fingerprint density at radius 1 is 1.03 bits per heavy atom. The first kappa shape index (κ1) is 20.5. The van der Waals surface area contributed by atoms with E-state index in [1.54, 1.807) is 0 Å². The first-order valence-electron chi connectivity index (χ1n) is 11.4. The van der Waals surface area contributed by atoms with E-state index in [1.165, 1.54) is 36.2 Å². The Kier molecular flexibility index (Phi) is 5.69. The number of nitrogens with zero attached hydrogens (tertiary/aromatic N) is 1. The van der Waals surface area contributed by atoms with Crippen molar-refractivity contribution in [2.45, 2.75) is 56.9 Å². The smallest absolute Gasteiger partial charge is 0.315 e. The zero-order chi connectivity index (χ0) is 21.3. The van der Waals surface area contributed by atoms with Gasteiger partial charge in [0.2, 0.25) is 5.91 Å². The van der Waals surface area contributed by atoms with Gasteiger partial charge in [-0.25, -0.2) is 9.78 Å². The largest absolute Gasteiger partial charge is 0.338 e. The lowest BCUT2D eigenvalue weighted by Crippen LogP contribution is -2.61. The van der Waals surface area contributed by atoms with Gasteiger partial charge in [-0.1, -0.05) is 30.3 Å². The topological polar surface area (TPSA) is 83.1 Å². The Bertz CT molecular complexity index is 907. The Balaban J connectivity index is 1.04. The number of carbonyl (C=O) groups is 2. The van der Waals surface area contributed by atoms with Gasteiger partial charge in [0.25, 0.3) is 0 Å². The number of carbonyl (C=O) groups excluding carboxylic acids is 2. The van der Waals surface area contributed by atoms with Gasteiger partial charge in [-0.05, 0) is 61.8 Å². The van der Waals surface area contributed by atoms with Crippen molar-refractivity contribution < 1.29 is 9.59 Å². The molecule has 4 bridgehead atoms. The SMILES string of the molecule is O=C(CCNC(=O)NC12CC3CC(CC(C3)C1)C2)Nc1ncc(Cc2ccccc2)s1. The molecule has 4 aliphatic carbocycles. The van der Waals surface area contributed by atoms with Gasteiger partial charge >= 0.3 is 6.03 Å². The van der Waals surface area contributed by atoms with Gasteiger partial charge in [0.05, 0.1) is 0 Å².